The Morgan fingerprint density at radius 2 is 1.52 bits per heavy atom. The van der Waals surface area contributed by atoms with Crippen LogP contribution in [0.1, 0.15) is 21.5 Å². The first kappa shape index (κ1) is 17.4. The molecule has 5 heteroatoms. The number of nitrogens with zero attached hydrogens (tertiary/aromatic N) is 3. The Labute approximate surface area is 148 Å². The van der Waals surface area contributed by atoms with E-state index in [0.29, 0.717) is 5.56 Å². The van der Waals surface area contributed by atoms with Gasteiger partial charge in [-0.15, -0.1) is 0 Å². The first-order chi connectivity index (χ1) is 11.9. The van der Waals surface area contributed by atoms with Gasteiger partial charge in [0.05, 0.1) is 0 Å². The maximum atomic E-state index is 12.6. The zero-order valence-electron chi connectivity index (χ0n) is 15.4. The van der Waals surface area contributed by atoms with Crippen molar-refractivity contribution in [2.45, 2.75) is 13.8 Å². The van der Waals surface area contributed by atoms with E-state index in [9.17, 15) is 9.59 Å². The third kappa shape index (κ3) is 3.37. The summed E-state index contributed by atoms with van der Waals surface area (Å²) in [5.74, 6) is 0.0908. The van der Waals surface area contributed by atoms with Crippen molar-refractivity contribution in [2.75, 3.05) is 33.2 Å². The van der Waals surface area contributed by atoms with E-state index < -0.39 is 0 Å². The smallest absolute Gasteiger partial charge is 0.253 e. The number of benzene rings is 1. The number of aryl methyl sites for hydroxylation is 1. The van der Waals surface area contributed by atoms with Gasteiger partial charge in [-0.25, -0.2) is 0 Å². The molecule has 25 heavy (non-hydrogen) atoms. The van der Waals surface area contributed by atoms with Crippen LogP contribution in [0.15, 0.2) is 35.3 Å². The van der Waals surface area contributed by atoms with E-state index in [1.54, 1.807) is 11.6 Å². The average Bonchev–Trinajstić information content (AvgIpc) is 2.63. The quantitative estimate of drug-likeness (QED) is 0.841. The minimum atomic E-state index is 0.0307. The van der Waals surface area contributed by atoms with Crippen LogP contribution in [0, 0.1) is 13.8 Å². The van der Waals surface area contributed by atoms with Crippen LogP contribution >= 0.6 is 0 Å². The number of likely N-dealkylation sites (N-methyl/N-ethyl adjacent to an activating group) is 1. The van der Waals surface area contributed by atoms with Gasteiger partial charge in [0.1, 0.15) is 0 Å². The van der Waals surface area contributed by atoms with Gasteiger partial charge in [0.25, 0.3) is 11.5 Å². The van der Waals surface area contributed by atoms with Crippen molar-refractivity contribution in [1.29, 1.82) is 0 Å². The first-order valence-corrected chi connectivity index (χ1v) is 8.63. The molecule has 1 aliphatic heterocycles. The number of pyridine rings is 1. The second-order valence-corrected chi connectivity index (χ2v) is 6.88. The molecule has 132 valence electrons. The van der Waals surface area contributed by atoms with Gasteiger partial charge in [0.2, 0.25) is 0 Å². The molecule has 0 unspecified atom stereocenters. The molecule has 0 aliphatic carbocycles. The molecular formula is C20H25N3O2. The number of carbonyl (C=O) groups excluding carboxylic acids is 1. The van der Waals surface area contributed by atoms with Gasteiger partial charge in [0, 0.05) is 56.1 Å². The number of carbonyl (C=O) groups is 1. The summed E-state index contributed by atoms with van der Waals surface area (Å²) in [6.07, 6.45) is 1.86. The second kappa shape index (κ2) is 6.84. The summed E-state index contributed by atoms with van der Waals surface area (Å²) in [7, 11) is 3.84. The molecule has 1 saturated heterocycles. The van der Waals surface area contributed by atoms with E-state index >= 15 is 0 Å². The van der Waals surface area contributed by atoms with Crippen LogP contribution in [0.5, 0.6) is 0 Å². The van der Waals surface area contributed by atoms with Crippen LogP contribution in [0.4, 0.5) is 0 Å². The second-order valence-electron chi connectivity index (χ2n) is 6.88. The first-order valence-electron chi connectivity index (χ1n) is 8.63. The Kier molecular flexibility index (Phi) is 4.77. The third-order valence-corrected chi connectivity index (χ3v) is 5.16. The van der Waals surface area contributed by atoms with Crippen molar-refractivity contribution in [3.8, 4) is 11.1 Å². The van der Waals surface area contributed by atoms with Crippen LogP contribution in [-0.2, 0) is 7.05 Å². The molecule has 0 bridgehead atoms. The largest absolute Gasteiger partial charge is 0.336 e. The highest BCUT2D eigenvalue weighted by Gasteiger charge is 2.20. The van der Waals surface area contributed by atoms with Crippen LogP contribution in [0.2, 0.25) is 0 Å². The van der Waals surface area contributed by atoms with Crippen molar-refractivity contribution in [2.24, 2.45) is 7.05 Å². The monoisotopic (exact) mass is 339 g/mol. The molecule has 5 nitrogen and oxygen atoms in total. The molecule has 0 atom stereocenters. The van der Waals surface area contributed by atoms with Crippen molar-refractivity contribution < 1.29 is 4.79 Å². The fourth-order valence-electron chi connectivity index (χ4n) is 3.25. The van der Waals surface area contributed by atoms with E-state index in [1.807, 2.05) is 49.2 Å². The molecule has 2 aromatic rings. The minimum absolute atomic E-state index is 0.0307. The van der Waals surface area contributed by atoms with Crippen LogP contribution in [0.25, 0.3) is 11.1 Å². The summed E-state index contributed by atoms with van der Waals surface area (Å²) in [6.45, 7) is 7.20. The van der Waals surface area contributed by atoms with E-state index in [4.69, 9.17) is 0 Å². The number of amides is 1. The molecule has 0 saturated carbocycles. The fourth-order valence-corrected chi connectivity index (χ4v) is 3.25. The van der Waals surface area contributed by atoms with Gasteiger partial charge in [-0.1, -0.05) is 12.1 Å². The van der Waals surface area contributed by atoms with Gasteiger partial charge in [-0.3, -0.25) is 9.59 Å². The summed E-state index contributed by atoms with van der Waals surface area (Å²) in [6, 6.07) is 7.71. The number of aromatic nitrogens is 1. The Morgan fingerprint density at radius 1 is 0.920 bits per heavy atom. The zero-order chi connectivity index (χ0) is 18.1. The molecular weight excluding hydrogens is 314 g/mol. The highest BCUT2D eigenvalue weighted by molar-refractivity contribution is 5.94. The predicted octanol–water partition coefficient (Wildman–Crippen LogP) is 2.06. The van der Waals surface area contributed by atoms with Crippen molar-refractivity contribution in [1.82, 2.24) is 14.4 Å². The summed E-state index contributed by atoms with van der Waals surface area (Å²) < 4.78 is 1.61. The standard InChI is InChI=1S/C20H25N3O2/c1-14-15(2)19(24)22(4)13-18(14)16-5-7-17(8-6-16)20(25)23-11-9-21(3)10-12-23/h5-8,13H,9-12H2,1-4H3. The number of hydrogen-bond acceptors (Lipinski definition) is 3. The van der Waals surface area contributed by atoms with Crippen LogP contribution in [0.3, 0.4) is 0 Å². The molecule has 1 aliphatic rings. The number of hydrogen-bond donors (Lipinski definition) is 0. The Morgan fingerprint density at radius 3 is 2.12 bits per heavy atom. The van der Waals surface area contributed by atoms with Gasteiger partial charge >= 0.3 is 0 Å². The lowest BCUT2D eigenvalue weighted by molar-refractivity contribution is 0.0664. The Bertz CT molecular complexity index is 844. The maximum absolute atomic E-state index is 12.6. The number of rotatable bonds is 2. The van der Waals surface area contributed by atoms with Crippen molar-refractivity contribution >= 4 is 5.91 Å². The van der Waals surface area contributed by atoms with Gasteiger partial charge in [-0.2, -0.15) is 0 Å². The molecule has 1 aromatic carbocycles. The van der Waals surface area contributed by atoms with Crippen LogP contribution in [-0.4, -0.2) is 53.5 Å². The summed E-state index contributed by atoms with van der Waals surface area (Å²) >= 11 is 0. The highest BCUT2D eigenvalue weighted by atomic mass is 16.2. The number of piperazine rings is 1. The van der Waals surface area contributed by atoms with Crippen LogP contribution < -0.4 is 5.56 Å². The lowest BCUT2D eigenvalue weighted by Gasteiger charge is -2.32. The van der Waals surface area contributed by atoms with E-state index in [2.05, 4.69) is 11.9 Å². The summed E-state index contributed by atoms with van der Waals surface area (Å²) in [5, 5.41) is 0. The molecule has 0 radical (unpaired) electrons. The van der Waals surface area contributed by atoms with E-state index in [1.165, 1.54) is 0 Å². The van der Waals surface area contributed by atoms with Crippen molar-refractivity contribution in [3.05, 3.63) is 57.5 Å². The Balaban J connectivity index is 1.86. The van der Waals surface area contributed by atoms with Crippen molar-refractivity contribution in [3.63, 3.8) is 0 Å². The average molecular weight is 339 g/mol. The lowest BCUT2D eigenvalue weighted by atomic mass is 9.98. The molecule has 1 fully saturated rings. The van der Waals surface area contributed by atoms with Gasteiger partial charge in [0.15, 0.2) is 0 Å². The van der Waals surface area contributed by atoms with E-state index in [-0.39, 0.29) is 11.5 Å². The normalized spacial score (nSPS) is 15.4. The SMILES string of the molecule is Cc1c(-c2ccc(C(=O)N3CCN(C)CC3)cc2)cn(C)c(=O)c1C. The Hall–Kier alpha value is -2.40. The van der Waals surface area contributed by atoms with Gasteiger partial charge < -0.3 is 14.4 Å². The summed E-state index contributed by atoms with van der Waals surface area (Å²) in [5.41, 5.74) is 4.54. The lowest BCUT2D eigenvalue weighted by Crippen LogP contribution is -2.47. The highest BCUT2D eigenvalue weighted by Crippen LogP contribution is 2.24. The molecule has 1 amide bonds. The zero-order valence-corrected chi connectivity index (χ0v) is 15.4. The molecule has 0 N–H and O–H groups in total. The van der Waals surface area contributed by atoms with E-state index in [0.717, 1.165) is 48.4 Å². The topological polar surface area (TPSA) is 45.6 Å². The molecule has 0 spiro atoms. The van der Waals surface area contributed by atoms with Gasteiger partial charge in [-0.05, 0) is 44.2 Å². The molecule has 3 rings (SSSR count). The minimum Gasteiger partial charge on any atom is -0.336 e. The molecule has 1 aromatic heterocycles. The predicted molar refractivity (Wildman–Crippen MR) is 100.0 cm³/mol. The third-order valence-electron chi connectivity index (χ3n) is 5.16. The maximum Gasteiger partial charge on any atom is 0.253 e. The summed E-state index contributed by atoms with van der Waals surface area (Å²) in [4.78, 5) is 28.8. The molecule has 2 heterocycles. The fraction of sp³-hybridized carbons (Fsp3) is 0.400.